The Morgan fingerprint density at radius 2 is 2.33 bits per heavy atom. The van der Waals surface area contributed by atoms with Crippen molar-refractivity contribution in [2.24, 2.45) is 0 Å². The molecule has 1 aromatic carbocycles. The molecule has 0 saturated carbocycles. The van der Waals surface area contributed by atoms with Crippen molar-refractivity contribution in [2.45, 2.75) is 25.8 Å². The van der Waals surface area contributed by atoms with Crippen LogP contribution in [0.4, 0.5) is 5.69 Å². The Balaban J connectivity index is 2.09. The van der Waals surface area contributed by atoms with Gasteiger partial charge in [0.1, 0.15) is 4.99 Å². The minimum absolute atomic E-state index is 0.477. The monoisotopic (exact) mass is 263 g/mol. The number of thiocarbonyl (C=S) groups is 1. The van der Waals surface area contributed by atoms with Gasteiger partial charge in [-0.15, -0.1) is 0 Å². The smallest absolute Gasteiger partial charge is 0.107 e. The van der Waals surface area contributed by atoms with Gasteiger partial charge in [0, 0.05) is 23.8 Å². The molecule has 18 heavy (non-hydrogen) atoms. The van der Waals surface area contributed by atoms with Crippen molar-refractivity contribution in [3.05, 3.63) is 29.3 Å². The van der Waals surface area contributed by atoms with Gasteiger partial charge in [-0.3, -0.25) is 0 Å². The molecule has 1 aromatic rings. The van der Waals surface area contributed by atoms with E-state index in [4.69, 9.17) is 18.0 Å². The Morgan fingerprint density at radius 3 is 2.94 bits per heavy atom. The van der Waals surface area contributed by atoms with Crippen LogP contribution in [0.15, 0.2) is 18.2 Å². The summed E-state index contributed by atoms with van der Waals surface area (Å²) >= 11 is 5.52. The van der Waals surface area contributed by atoms with Crippen LogP contribution in [0.5, 0.6) is 0 Å². The highest BCUT2D eigenvalue weighted by atomic mass is 32.1. The van der Waals surface area contributed by atoms with E-state index in [9.17, 15) is 0 Å². The minimum Gasteiger partial charge on any atom is -0.399 e. The van der Waals surface area contributed by atoms with Crippen molar-refractivity contribution >= 4 is 22.9 Å². The highest BCUT2D eigenvalue weighted by molar-refractivity contribution is 7.80. The maximum absolute atomic E-state index is 5.81. The van der Waals surface area contributed by atoms with Crippen LogP contribution in [0, 0.1) is 0 Å². The number of nitrogens with one attached hydrogen (secondary N) is 1. The first-order chi connectivity index (χ1) is 8.60. The summed E-state index contributed by atoms with van der Waals surface area (Å²) in [5.74, 6) is 0. The third-order valence-electron chi connectivity index (χ3n) is 3.48. The lowest BCUT2D eigenvalue weighted by Gasteiger charge is -2.17. The van der Waals surface area contributed by atoms with Gasteiger partial charge < -0.3 is 16.0 Å². The SMILES string of the molecule is CCc1cc(N)ccc1C(=S)NC1CCN(C)C1. The summed E-state index contributed by atoms with van der Waals surface area (Å²) in [6.07, 6.45) is 2.11. The Labute approximate surface area is 114 Å². The van der Waals surface area contributed by atoms with Crippen LogP contribution in [-0.2, 0) is 6.42 Å². The molecular weight excluding hydrogens is 242 g/mol. The summed E-state index contributed by atoms with van der Waals surface area (Å²) in [4.78, 5) is 3.18. The molecule has 0 amide bonds. The molecule has 1 fully saturated rings. The number of aryl methyl sites for hydroxylation is 1. The van der Waals surface area contributed by atoms with E-state index in [1.165, 1.54) is 5.56 Å². The Hall–Kier alpha value is -1.13. The lowest BCUT2D eigenvalue weighted by Crippen LogP contribution is -2.36. The van der Waals surface area contributed by atoms with Gasteiger partial charge in [0.25, 0.3) is 0 Å². The molecule has 1 atom stereocenters. The third kappa shape index (κ3) is 3.00. The zero-order valence-corrected chi connectivity index (χ0v) is 11.9. The fraction of sp³-hybridized carbons (Fsp3) is 0.500. The molecule has 1 saturated heterocycles. The molecule has 3 N–H and O–H groups in total. The summed E-state index contributed by atoms with van der Waals surface area (Å²) in [5.41, 5.74) is 8.96. The van der Waals surface area contributed by atoms with Crippen molar-refractivity contribution < 1.29 is 0 Å². The molecule has 0 radical (unpaired) electrons. The quantitative estimate of drug-likeness (QED) is 0.644. The second-order valence-corrected chi connectivity index (χ2v) is 5.40. The van der Waals surface area contributed by atoms with Crippen LogP contribution in [-0.4, -0.2) is 36.1 Å². The highest BCUT2D eigenvalue weighted by Gasteiger charge is 2.20. The van der Waals surface area contributed by atoms with Gasteiger partial charge >= 0.3 is 0 Å². The molecular formula is C14H21N3S. The van der Waals surface area contributed by atoms with Gasteiger partial charge in [0.2, 0.25) is 0 Å². The van der Waals surface area contributed by atoms with Crippen molar-refractivity contribution in [1.82, 2.24) is 10.2 Å². The standard InChI is InChI=1S/C14H21N3S/c1-3-10-8-11(15)4-5-13(10)14(18)16-12-6-7-17(2)9-12/h4-5,8,12H,3,6-7,9,15H2,1-2H3,(H,16,18). The number of nitrogens with zero attached hydrogens (tertiary/aromatic N) is 1. The van der Waals surface area contributed by atoms with E-state index >= 15 is 0 Å². The highest BCUT2D eigenvalue weighted by Crippen LogP contribution is 2.16. The van der Waals surface area contributed by atoms with Crippen LogP contribution in [0.2, 0.25) is 0 Å². The molecule has 0 spiro atoms. The van der Waals surface area contributed by atoms with E-state index in [1.54, 1.807) is 0 Å². The van der Waals surface area contributed by atoms with Crippen LogP contribution in [0.3, 0.4) is 0 Å². The normalized spacial score (nSPS) is 20.0. The molecule has 0 aromatic heterocycles. The van der Waals surface area contributed by atoms with Gasteiger partial charge in [-0.1, -0.05) is 19.1 Å². The molecule has 1 aliphatic heterocycles. The molecule has 98 valence electrons. The molecule has 0 aliphatic carbocycles. The van der Waals surface area contributed by atoms with Crippen molar-refractivity contribution in [1.29, 1.82) is 0 Å². The van der Waals surface area contributed by atoms with Gasteiger partial charge in [-0.2, -0.15) is 0 Å². The largest absolute Gasteiger partial charge is 0.399 e. The maximum Gasteiger partial charge on any atom is 0.107 e. The number of rotatable bonds is 3. The summed E-state index contributed by atoms with van der Waals surface area (Å²) in [7, 11) is 2.14. The Morgan fingerprint density at radius 1 is 1.56 bits per heavy atom. The maximum atomic E-state index is 5.81. The number of hydrogen-bond donors (Lipinski definition) is 2. The number of likely N-dealkylation sites (tertiary alicyclic amines) is 1. The number of anilines is 1. The molecule has 1 heterocycles. The van der Waals surface area contributed by atoms with Crippen molar-refractivity contribution in [2.75, 3.05) is 25.9 Å². The van der Waals surface area contributed by atoms with Crippen molar-refractivity contribution in [3.8, 4) is 0 Å². The first-order valence-corrected chi connectivity index (χ1v) is 6.88. The van der Waals surface area contributed by atoms with Crippen LogP contribution < -0.4 is 11.1 Å². The van der Waals surface area contributed by atoms with E-state index in [0.29, 0.717) is 6.04 Å². The topological polar surface area (TPSA) is 41.3 Å². The first kappa shape index (κ1) is 13.3. The number of nitrogen functional groups attached to an aromatic ring is 1. The summed E-state index contributed by atoms with van der Waals surface area (Å²) in [5, 5.41) is 3.47. The van der Waals surface area contributed by atoms with Gasteiger partial charge in [-0.25, -0.2) is 0 Å². The molecule has 1 aliphatic rings. The molecule has 3 nitrogen and oxygen atoms in total. The number of likely N-dealkylation sites (N-methyl/N-ethyl adjacent to an activating group) is 1. The number of benzene rings is 1. The summed E-state index contributed by atoms with van der Waals surface area (Å²) in [6.45, 7) is 4.34. The second-order valence-electron chi connectivity index (χ2n) is 4.99. The van der Waals surface area contributed by atoms with Crippen LogP contribution >= 0.6 is 12.2 Å². The van der Waals surface area contributed by atoms with E-state index in [1.807, 2.05) is 18.2 Å². The Kier molecular flexibility index (Phi) is 4.19. The zero-order valence-electron chi connectivity index (χ0n) is 11.1. The first-order valence-electron chi connectivity index (χ1n) is 6.48. The van der Waals surface area contributed by atoms with E-state index < -0.39 is 0 Å². The zero-order chi connectivity index (χ0) is 13.1. The van der Waals surface area contributed by atoms with Crippen molar-refractivity contribution in [3.63, 3.8) is 0 Å². The predicted octanol–water partition coefficient (Wildman–Crippen LogP) is 1.80. The van der Waals surface area contributed by atoms with Crippen LogP contribution in [0.25, 0.3) is 0 Å². The van der Waals surface area contributed by atoms with E-state index in [0.717, 1.165) is 42.2 Å². The van der Waals surface area contributed by atoms with Gasteiger partial charge in [0.15, 0.2) is 0 Å². The molecule has 1 unspecified atom stereocenters. The average molecular weight is 263 g/mol. The van der Waals surface area contributed by atoms with E-state index in [2.05, 4.69) is 24.2 Å². The predicted molar refractivity (Wildman–Crippen MR) is 81.0 cm³/mol. The Bertz CT molecular complexity index is 445. The molecule has 4 heteroatoms. The minimum atomic E-state index is 0.477. The summed E-state index contributed by atoms with van der Waals surface area (Å²) < 4.78 is 0. The van der Waals surface area contributed by atoms with Crippen LogP contribution in [0.1, 0.15) is 24.5 Å². The number of hydrogen-bond acceptors (Lipinski definition) is 3. The van der Waals surface area contributed by atoms with E-state index in [-0.39, 0.29) is 0 Å². The average Bonchev–Trinajstić information content (AvgIpc) is 2.74. The number of nitrogens with two attached hydrogens (primary N) is 1. The third-order valence-corrected chi connectivity index (χ3v) is 3.82. The fourth-order valence-electron chi connectivity index (χ4n) is 2.44. The lowest BCUT2D eigenvalue weighted by molar-refractivity contribution is 0.407. The lowest BCUT2D eigenvalue weighted by atomic mass is 10.0. The molecule has 0 bridgehead atoms. The van der Waals surface area contributed by atoms with Gasteiger partial charge in [0.05, 0.1) is 0 Å². The second kappa shape index (κ2) is 5.67. The molecule has 2 rings (SSSR count). The fourth-order valence-corrected chi connectivity index (χ4v) is 2.81. The van der Waals surface area contributed by atoms with Gasteiger partial charge in [-0.05, 0) is 50.2 Å². The summed E-state index contributed by atoms with van der Waals surface area (Å²) in [6, 6.07) is 6.44.